The molecule has 0 spiro atoms. The van der Waals surface area contributed by atoms with Crippen molar-refractivity contribution >= 4 is 17.3 Å². The van der Waals surface area contributed by atoms with Gasteiger partial charge in [-0.25, -0.2) is 0 Å². The first-order chi connectivity index (χ1) is 10.0. The lowest BCUT2D eigenvalue weighted by molar-refractivity contribution is -0.385. The highest BCUT2D eigenvalue weighted by atomic mass is 35.5. The van der Waals surface area contributed by atoms with E-state index < -0.39 is 4.92 Å². The first-order valence-electron chi connectivity index (χ1n) is 6.08. The van der Waals surface area contributed by atoms with Crippen molar-refractivity contribution in [2.24, 2.45) is 0 Å². The van der Waals surface area contributed by atoms with Gasteiger partial charge in [0.05, 0.1) is 27.1 Å². The minimum atomic E-state index is -0.497. The third-order valence-corrected chi connectivity index (χ3v) is 3.33. The molecule has 0 unspecified atom stereocenters. The predicted octanol–water partition coefficient (Wildman–Crippen LogP) is 4.01. The van der Waals surface area contributed by atoms with Gasteiger partial charge in [-0.2, -0.15) is 5.26 Å². The number of rotatable bonds is 4. The van der Waals surface area contributed by atoms with E-state index in [0.29, 0.717) is 16.9 Å². The monoisotopic (exact) mass is 302 g/mol. The van der Waals surface area contributed by atoms with Crippen molar-refractivity contribution in [1.29, 1.82) is 5.26 Å². The molecule has 0 saturated heterocycles. The van der Waals surface area contributed by atoms with Crippen LogP contribution in [-0.4, -0.2) is 4.92 Å². The van der Waals surface area contributed by atoms with Crippen molar-refractivity contribution in [2.45, 2.75) is 13.5 Å². The Morgan fingerprint density at radius 3 is 2.81 bits per heavy atom. The van der Waals surface area contributed by atoms with Crippen LogP contribution in [0.2, 0.25) is 5.02 Å². The van der Waals surface area contributed by atoms with Gasteiger partial charge in [0, 0.05) is 6.07 Å². The van der Waals surface area contributed by atoms with E-state index in [-0.39, 0.29) is 17.3 Å². The molecule has 0 saturated carbocycles. The van der Waals surface area contributed by atoms with E-state index in [1.807, 2.05) is 13.0 Å². The maximum atomic E-state index is 11.0. The van der Waals surface area contributed by atoms with Gasteiger partial charge in [0.25, 0.3) is 5.69 Å². The van der Waals surface area contributed by atoms with Crippen LogP contribution in [0.5, 0.6) is 5.75 Å². The fourth-order valence-corrected chi connectivity index (χ4v) is 2.06. The molecule has 0 radical (unpaired) electrons. The summed E-state index contributed by atoms with van der Waals surface area (Å²) in [6.45, 7) is 1.79. The molecule has 21 heavy (non-hydrogen) atoms. The molecule has 0 aliphatic rings. The molecule has 0 aromatic heterocycles. The third-order valence-electron chi connectivity index (χ3n) is 2.98. The number of hydrogen-bond donors (Lipinski definition) is 0. The van der Waals surface area contributed by atoms with Crippen LogP contribution in [0.15, 0.2) is 36.4 Å². The Kier molecular flexibility index (Phi) is 4.41. The molecule has 0 heterocycles. The Bertz CT molecular complexity index is 738. The van der Waals surface area contributed by atoms with Crippen LogP contribution in [0.25, 0.3) is 0 Å². The van der Waals surface area contributed by atoms with Gasteiger partial charge in [0.2, 0.25) is 0 Å². The van der Waals surface area contributed by atoms with Crippen LogP contribution in [-0.2, 0) is 6.61 Å². The lowest BCUT2D eigenvalue weighted by Gasteiger charge is -2.10. The highest BCUT2D eigenvalue weighted by Crippen LogP contribution is 2.28. The number of benzene rings is 2. The van der Waals surface area contributed by atoms with Gasteiger partial charge in [-0.1, -0.05) is 23.7 Å². The largest absolute Gasteiger partial charge is 0.488 e. The number of nitro groups is 1. The van der Waals surface area contributed by atoms with Crippen molar-refractivity contribution in [3.8, 4) is 11.8 Å². The van der Waals surface area contributed by atoms with E-state index in [1.54, 1.807) is 24.3 Å². The van der Waals surface area contributed by atoms with Crippen molar-refractivity contribution in [1.82, 2.24) is 0 Å². The molecular formula is C15H11ClN2O3. The van der Waals surface area contributed by atoms with Crippen LogP contribution >= 0.6 is 11.6 Å². The van der Waals surface area contributed by atoms with Gasteiger partial charge < -0.3 is 4.74 Å². The van der Waals surface area contributed by atoms with E-state index in [9.17, 15) is 10.1 Å². The van der Waals surface area contributed by atoms with Crippen molar-refractivity contribution in [3.63, 3.8) is 0 Å². The van der Waals surface area contributed by atoms with Gasteiger partial charge in [-0.15, -0.1) is 0 Å². The molecule has 0 bridgehead atoms. The van der Waals surface area contributed by atoms with E-state index in [1.165, 1.54) is 12.1 Å². The van der Waals surface area contributed by atoms with Gasteiger partial charge in [-0.05, 0) is 30.7 Å². The van der Waals surface area contributed by atoms with Crippen LogP contribution in [0.3, 0.4) is 0 Å². The lowest BCUT2D eigenvalue weighted by atomic mass is 10.1. The summed E-state index contributed by atoms with van der Waals surface area (Å²) in [6, 6.07) is 11.5. The molecule has 0 atom stereocenters. The summed E-state index contributed by atoms with van der Waals surface area (Å²) in [6.07, 6.45) is 0. The first-order valence-corrected chi connectivity index (χ1v) is 6.46. The zero-order valence-electron chi connectivity index (χ0n) is 11.2. The summed E-state index contributed by atoms with van der Waals surface area (Å²) in [5, 5.41) is 20.2. The zero-order valence-corrected chi connectivity index (χ0v) is 11.9. The van der Waals surface area contributed by atoms with Crippen LogP contribution < -0.4 is 4.74 Å². The summed E-state index contributed by atoms with van der Waals surface area (Å²) >= 11 is 6.00. The van der Waals surface area contributed by atoms with Crippen LogP contribution in [0, 0.1) is 28.4 Å². The molecule has 0 fully saturated rings. The standard InChI is InChI=1S/C15H11ClN2O3/c1-10-5-6-11(8-17)7-15(10)21-9-12-13(16)3-2-4-14(12)18(19)20/h2-7H,9H2,1H3. The highest BCUT2D eigenvalue weighted by Gasteiger charge is 2.17. The maximum absolute atomic E-state index is 11.0. The fraction of sp³-hybridized carbons (Fsp3) is 0.133. The number of nitrogens with zero attached hydrogens (tertiary/aromatic N) is 2. The highest BCUT2D eigenvalue weighted by molar-refractivity contribution is 6.31. The Balaban J connectivity index is 2.29. The van der Waals surface area contributed by atoms with E-state index >= 15 is 0 Å². The molecule has 5 nitrogen and oxygen atoms in total. The number of nitriles is 1. The van der Waals surface area contributed by atoms with Gasteiger partial charge >= 0.3 is 0 Å². The number of aryl methyl sites for hydroxylation is 1. The molecule has 0 aliphatic heterocycles. The van der Waals surface area contributed by atoms with Crippen LogP contribution in [0.1, 0.15) is 16.7 Å². The molecule has 0 amide bonds. The summed E-state index contributed by atoms with van der Waals surface area (Å²) in [5.41, 5.74) is 1.52. The summed E-state index contributed by atoms with van der Waals surface area (Å²) < 4.78 is 5.60. The summed E-state index contributed by atoms with van der Waals surface area (Å²) in [7, 11) is 0. The Hall–Kier alpha value is -2.58. The smallest absolute Gasteiger partial charge is 0.277 e. The van der Waals surface area contributed by atoms with Gasteiger partial charge in [0.15, 0.2) is 0 Å². The zero-order chi connectivity index (χ0) is 15.4. The molecule has 0 aliphatic carbocycles. The van der Waals surface area contributed by atoms with Crippen LogP contribution in [0.4, 0.5) is 5.69 Å². The Morgan fingerprint density at radius 2 is 2.14 bits per heavy atom. The average molecular weight is 303 g/mol. The number of nitro benzene ring substituents is 1. The maximum Gasteiger partial charge on any atom is 0.277 e. The van der Waals surface area contributed by atoms with Crippen molar-refractivity contribution in [3.05, 3.63) is 68.2 Å². The number of ether oxygens (including phenoxy) is 1. The molecular weight excluding hydrogens is 292 g/mol. The van der Waals surface area contributed by atoms with Gasteiger partial charge in [-0.3, -0.25) is 10.1 Å². The molecule has 0 N–H and O–H groups in total. The third kappa shape index (κ3) is 3.30. The first kappa shape index (κ1) is 14.8. The average Bonchev–Trinajstić information content (AvgIpc) is 2.47. The number of hydrogen-bond acceptors (Lipinski definition) is 4. The molecule has 106 valence electrons. The second-order valence-electron chi connectivity index (χ2n) is 4.38. The van der Waals surface area contributed by atoms with Crippen molar-refractivity contribution < 1.29 is 9.66 Å². The second kappa shape index (κ2) is 6.25. The van der Waals surface area contributed by atoms with E-state index in [4.69, 9.17) is 21.6 Å². The summed E-state index contributed by atoms with van der Waals surface area (Å²) in [4.78, 5) is 10.5. The van der Waals surface area contributed by atoms with Crippen molar-refractivity contribution in [2.75, 3.05) is 0 Å². The van der Waals surface area contributed by atoms with E-state index in [2.05, 4.69) is 0 Å². The van der Waals surface area contributed by atoms with Gasteiger partial charge in [0.1, 0.15) is 12.4 Å². The second-order valence-corrected chi connectivity index (χ2v) is 4.78. The lowest BCUT2D eigenvalue weighted by Crippen LogP contribution is -2.02. The topological polar surface area (TPSA) is 76.2 Å². The Morgan fingerprint density at radius 1 is 1.38 bits per heavy atom. The molecule has 6 heteroatoms. The number of halogens is 1. The minimum absolute atomic E-state index is 0.0360. The Labute approximate surface area is 126 Å². The van der Waals surface area contributed by atoms with E-state index in [0.717, 1.165) is 5.56 Å². The minimum Gasteiger partial charge on any atom is -0.488 e. The quantitative estimate of drug-likeness (QED) is 0.631. The molecule has 2 rings (SSSR count). The molecule has 2 aromatic carbocycles. The SMILES string of the molecule is Cc1ccc(C#N)cc1OCc1c(Cl)cccc1[N+](=O)[O-]. The fourth-order valence-electron chi connectivity index (χ4n) is 1.84. The molecule has 2 aromatic rings. The normalized spacial score (nSPS) is 9.95. The summed E-state index contributed by atoms with van der Waals surface area (Å²) in [5.74, 6) is 0.503. The predicted molar refractivity (Wildman–Crippen MR) is 78.3 cm³/mol.